The van der Waals surface area contributed by atoms with Crippen LogP contribution in [0.25, 0.3) is 0 Å². The molecule has 0 aromatic heterocycles. The Morgan fingerprint density at radius 3 is 2.09 bits per heavy atom. The molecule has 118 valence electrons. The summed E-state index contributed by atoms with van der Waals surface area (Å²) >= 11 is 0. The summed E-state index contributed by atoms with van der Waals surface area (Å²) in [5.74, 6) is 0.147. The molecule has 3 nitrogen and oxygen atoms in total. The van der Waals surface area contributed by atoms with Gasteiger partial charge in [0.25, 0.3) is 0 Å². The van der Waals surface area contributed by atoms with Crippen molar-refractivity contribution >= 4 is 0 Å². The van der Waals surface area contributed by atoms with E-state index in [9.17, 15) is 13.2 Å². The lowest BCUT2D eigenvalue weighted by Gasteiger charge is -2.15. The second kappa shape index (κ2) is 6.27. The van der Waals surface area contributed by atoms with Crippen LogP contribution in [0.3, 0.4) is 0 Å². The molecule has 0 bridgehead atoms. The first-order valence-electron chi connectivity index (χ1n) is 6.60. The van der Waals surface area contributed by atoms with Crippen molar-refractivity contribution in [3.05, 3.63) is 53.6 Å². The first-order chi connectivity index (χ1) is 10.3. The maximum absolute atomic E-state index is 13.1. The van der Waals surface area contributed by atoms with Crippen LogP contribution in [0, 0.1) is 0 Å². The number of rotatable bonds is 4. The number of hydrogen-bond donors (Lipinski definition) is 1. The molecule has 0 amide bonds. The topological polar surface area (TPSA) is 44.5 Å². The molecule has 2 aromatic carbocycles. The lowest BCUT2D eigenvalue weighted by Crippen LogP contribution is -2.07. The van der Waals surface area contributed by atoms with E-state index in [-0.39, 0.29) is 17.5 Å². The molecular formula is C16H16F3NO2. The summed E-state index contributed by atoms with van der Waals surface area (Å²) in [7, 11) is 1.31. The molecule has 22 heavy (non-hydrogen) atoms. The molecule has 0 saturated heterocycles. The third-order valence-corrected chi connectivity index (χ3v) is 3.13. The van der Waals surface area contributed by atoms with Gasteiger partial charge in [0.05, 0.1) is 7.11 Å². The van der Waals surface area contributed by atoms with Crippen LogP contribution < -0.4 is 15.2 Å². The Morgan fingerprint density at radius 1 is 1.00 bits per heavy atom. The van der Waals surface area contributed by atoms with Crippen LogP contribution in [0.15, 0.2) is 42.5 Å². The van der Waals surface area contributed by atoms with Gasteiger partial charge in [0, 0.05) is 6.04 Å². The Bertz CT molecular complexity index is 637. The Labute approximate surface area is 126 Å². The Balaban J connectivity index is 2.32. The third kappa shape index (κ3) is 3.71. The molecule has 6 heteroatoms. The van der Waals surface area contributed by atoms with Gasteiger partial charge in [-0.2, -0.15) is 13.2 Å². The van der Waals surface area contributed by atoms with Crippen molar-refractivity contribution in [2.24, 2.45) is 5.73 Å². The van der Waals surface area contributed by atoms with Crippen molar-refractivity contribution in [2.75, 3.05) is 7.11 Å². The van der Waals surface area contributed by atoms with Crippen molar-refractivity contribution < 1.29 is 22.6 Å². The van der Waals surface area contributed by atoms with Crippen molar-refractivity contribution in [3.63, 3.8) is 0 Å². The summed E-state index contributed by atoms with van der Waals surface area (Å²) in [5.41, 5.74) is 5.71. The molecule has 0 spiro atoms. The minimum absolute atomic E-state index is 0.118. The highest BCUT2D eigenvalue weighted by Crippen LogP contribution is 2.40. The summed E-state index contributed by atoms with van der Waals surface area (Å²) in [4.78, 5) is 0. The molecule has 0 aliphatic carbocycles. The smallest absolute Gasteiger partial charge is 0.420 e. The van der Waals surface area contributed by atoms with Crippen LogP contribution in [0.2, 0.25) is 0 Å². The minimum Gasteiger partial charge on any atom is -0.497 e. The number of benzene rings is 2. The molecule has 2 N–H and O–H groups in total. The zero-order chi connectivity index (χ0) is 16.3. The van der Waals surface area contributed by atoms with E-state index in [1.807, 2.05) is 6.92 Å². The first-order valence-corrected chi connectivity index (χ1v) is 6.60. The molecular weight excluding hydrogens is 295 g/mol. The quantitative estimate of drug-likeness (QED) is 0.902. The minimum atomic E-state index is -4.53. The zero-order valence-electron chi connectivity index (χ0n) is 12.1. The predicted molar refractivity (Wildman–Crippen MR) is 77.1 cm³/mol. The van der Waals surface area contributed by atoms with Gasteiger partial charge in [-0.1, -0.05) is 12.1 Å². The van der Waals surface area contributed by atoms with Gasteiger partial charge >= 0.3 is 6.18 Å². The Hall–Kier alpha value is -2.21. The van der Waals surface area contributed by atoms with E-state index in [1.54, 1.807) is 24.3 Å². The van der Waals surface area contributed by atoms with Gasteiger partial charge in [-0.3, -0.25) is 0 Å². The van der Waals surface area contributed by atoms with Crippen LogP contribution in [-0.4, -0.2) is 7.11 Å². The molecule has 1 atom stereocenters. The molecule has 0 radical (unpaired) electrons. The molecule has 0 fully saturated rings. The average Bonchev–Trinajstić information content (AvgIpc) is 2.47. The highest BCUT2D eigenvalue weighted by atomic mass is 19.4. The van der Waals surface area contributed by atoms with Crippen LogP contribution in [0.1, 0.15) is 24.1 Å². The van der Waals surface area contributed by atoms with Crippen LogP contribution in [0.5, 0.6) is 17.2 Å². The fourth-order valence-electron chi connectivity index (χ4n) is 1.91. The lowest BCUT2D eigenvalue weighted by atomic mass is 10.1. The number of methoxy groups -OCH3 is 1. The predicted octanol–water partition coefficient (Wildman–Crippen LogP) is 4.53. The van der Waals surface area contributed by atoms with Crippen molar-refractivity contribution in [1.29, 1.82) is 0 Å². The standard InChI is InChI=1S/C16H16F3NO2/c1-10(20)11-3-5-12(6-4-11)22-15-8-7-13(21-2)9-14(15)16(17,18)19/h3-10H,20H2,1-2H3. The van der Waals surface area contributed by atoms with Crippen LogP contribution in [0.4, 0.5) is 13.2 Å². The second-order valence-electron chi connectivity index (χ2n) is 4.82. The van der Waals surface area contributed by atoms with Gasteiger partial charge in [0.15, 0.2) is 0 Å². The summed E-state index contributed by atoms with van der Waals surface area (Å²) in [6, 6.07) is 10.0. The van der Waals surface area contributed by atoms with E-state index in [2.05, 4.69) is 0 Å². The van der Waals surface area contributed by atoms with E-state index in [4.69, 9.17) is 15.2 Å². The SMILES string of the molecule is COc1ccc(Oc2ccc(C(C)N)cc2)c(C(F)(F)F)c1. The van der Waals surface area contributed by atoms with Crippen LogP contribution >= 0.6 is 0 Å². The Morgan fingerprint density at radius 2 is 1.59 bits per heavy atom. The fourth-order valence-corrected chi connectivity index (χ4v) is 1.91. The second-order valence-corrected chi connectivity index (χ2v) is 4.82. The normalized spacial score (nSPS) is 12.8. The number of halogens is 3. The van der Waals surface area contributed by atoms with E-state index in [0.717, 1.165) is 11.6 Å². The fraction of sp³-hybridized carbons (Fsp3) is 0.250. The molecule has 0 saturated carbocycles. The highest BCUT2D eigenvalue weighted by Gasteiger charge is 2.35. The van der Waals surface area contributed by atoms with E-state index in [0.29, 0.717) is 5.75 Å². The van der Waals surface area contributed by atoms with Crippen molar-refractivity contribution in [3.8, 4) is 17.2 Å². The van der Waals surface area contributed by atoms with Gasteiger partial charge in [-0.05, 0) is 42.8 Å². The number of hydrogen-bond acceptors (Lipinski definition) is 3. The van der Waals surface area contributed by atoms with Gasteiger partial charge in [-0.15, -0.1) is 0 Å². The molecule has 2 aromatic rings. The lowest BCUT2D eigenvalue weighted by molar-refractivity contribution is -0.138. The van der Waals surface area contributed by atoms with E-state index < -0.39 is 11.7 Å². The maximum Gasteiger partial charge on any atom is 0.420 e. The van der Waals surface area contributed by atoms with E-state index in [1.165, 1.54) is 19.2 Å². The van der Waals surface area contributed by atoms with Crippen molar-refractivity contribution in [2.45, 2.75) is 19.1 Å². The number of alkyl halides is 3. The van der Waals surface area contributed by atoms with Gasteiger partial charge in [-0.25, -0.2) is 0 Å². The molecule has 1 unspecified atom stereocenters. The number of nitrogens with two attached hydrogens (primary N) is 1. The van der Waals surface area contributed by atoms with Gasteiger partial charge in [0.1, 0.15) is 22.8 Å². The van der Waals surface area contributed by atoms with Crippen LogP contribution in [-0.2, 0) is 6.18 Å². The summed E-state index contributed by atoms with van der Waals surface area (Å²) in [6.45, 7) is 1.82. The molecule has 0 aliphatic heterocycles. The third-order valence-electron chi connectivity index (χ3n) is 3.13. The highest BCUT2D eigenvalue weighted by molar-refractivity contribution is 5.44. The van der Waals surface area contributed by atoms with Crippen molar-refractivity contribution in [1.82, 2.24) is 0 Å². The Kier molecular flexibility index (Phi) is 4.61. The molecule has 0 heterocycles. The van der Waals surface area contributed by atoms with Gasteiger partial charge < -0.3 is 15.2 Å². The largest absolute Gasteiger partial charge is 0.497 e. The first kappa shape index (κ1) is 16.2. The molecule has 0 aliphatic rings. The van der Waals surface area contributed by atoms with E-state index >= 15 is 0 Å². The summed E-state index contributed by atoms with van der Waals surface area (Å²) in [6.07, 6.45) is -4.53. The summed E-state index contributed by atoms with van der Waals surface area (Å²) < 4.78 is 49.4. The zero-order valence-corrected chi connectivity index (χ0v) is 12.1. The monoisotopic (exact) mass is 311 g/mol. The molecule has 2 rings (SSSR count). The summed E-state index contributed by atoms with van der Waals surface area (Å²) in [5, 5.41) is 0. The van der Waals surface area contributed by atoms with Gasteiger partial charge in [0.2, 0.25) is 0 Å². The number of ether oxygens (including phenoxy) is 2. The average molecular weight is 311 g/mol. The maximum atomic E-state index is 13.1.